The Hall–Kier alpha value is -0.930. The number of pyridine rings is 1. The molecule has 1 unspecified atom stereocenters. The van der Waals surface area contributed by atoms with E-state index in [-0.39, 0.29) is 11.6 Å². The van der Waals surface area contributed by atoms with E-state index in [0.717, 1.165) is 24.0 Å². The minimum absolute atomic E-state index is 0.0917. The van der Waals surface area contributed by atoms with Gasteiger partial charge in [0.2, 0.25) is 0 Å². The van der Waals surface area contributed by atoms with Gasteiger partial charge in [-0.2, -0.15) is 0 Å². The maximum absolute atomic E-state index is 6.58. The number of hydrogen-bond donors (Lipinski definition) is 1. The highest BCUT2D eigenvalue weighted by Crippen LogP contribution is 2.46. The second-order valence-corrected chi connectivity index (χ2v) is 6.94. The molecule has 0 aromatic carbocycles. The number of hydrogen-bond acceptors (Lipinski definition) is 3. The smallest absolute Gasteiger partial charge is 0.0875 e. The molecule has 1 aromatic heterocycles. The molecular weight excluding hydrogens is 248 g/mol. The predicted molar refractivity (Wildman–Crippen MR) is 82.5 cm³/mol. The molecule has 0 amide bonds. The second kappa shape index (κ2) is 5.82. The van der Waals surface area contributed by atoms with Crippen LogP contribution in [0.5, 0.6) is 0 Å². The van der Waals surface area contributed by atoms with Crippen LogP contribution in [0.4, 0.5) is 0 Å². The van der Waals surface area contributed by atoms with Gasteiger partial charge in [-0.1, -0.05) is 19.9 Å². The van der Waals surface area contributed by atoms with Gasteiger partial charge in [0.05, 0.1) is 11.6 Å². The van der Waals surface area contributed by atoms with Crippen molar-refractivity contribution in [3.8, 4) is 0 Å². The molecule has 0 aliphatic heterocycles. The lowest BCUT2D eigenvalue weighted by Crippen LogP contribution is -2.48. The van der Waals surface area contributed by atoms with Crippen LogP contribution in [0.3, 0.4) is 0 Å². The quantitative estimate of drug-likeness (QED) is 0.910. The van der Waals surface area contributed by atoms with Crippen molar-refractivity contribution in [2.45, 2.75) is 65.0 Å². The van der Waals surface area contributed by atoms with Crippen LogP contribution in [0.2, 0.25) is 0 Å². The third-order valence-electron chi connectivity index (χ3n) is 4.70. The van der Waals surface area contributed by atoms with Crippen LogP contribution in [0.15, 0.2) is 18.5 Å². The van der Waals surface area contributed by atoms with Crippen molar-refractivity contribution in [1.29, 1.82) is 0 Å². The van der Waals surface area contributed by atoms with Crippen LogP contribution in [0, 0.1) is 12.3 Å². The van der Waals surface area contributed by atoms with Gasteiger partial charge in [-0.15, -0.1) is 0 Å². The summed E-state index contributed by atoms with van der Waals surface area (Å²) in [6.07, 6.45) is 8.15. The third kappa shape index (κ3) is 3.21. The molecule has 0 saturated heterocycles. The SMILES string of the molecule is CCOC1(C(N)c2cncc(C)c2)CCC(C)(C)CC1. The fourth-order valence-corrected chi connectivity index (χ4v) is 3.23. The van der Waals surface area contributed by atoms with E-state index in [1.54, 1.807) is 0 Å². The summed E-state index contributed by atoms with van der Waals surface area (Å²) in [6.45, 7) is 9.50. The summed E-state index contributed by atoms with van der Waals surface area (Å²) in [7, 11) is 0. The molecule has 0 radical (unpaired) electrons. The van der Waals surface area contributed by atoms with E-state index in [0.29, 0.717) is 12.0 Å². The Morgan fingerprint density at radius 3 is 2.45 bits per heavy atom. The fraction of sp³-hybridized carbons (Fsp3) is 0.706. The molecule has 1 heterocycles. The van der Waals surface area contributed by atoms with Crippen molar-refractivity contribution in [3.63, 3.8) is 0 Å². The Labute approximate surface area is 122 Å². The van der Waals surface area contributed by atoms with Crippen molar-refractivity contribution < 1.29 is 4.74 Å². The molecule has 1 aromatic rings. The average Bonchev–Trinajstić information content (AvgIpc) is 2.41. The zero-order valence-corrected chi connectivity index (χ0v) is 13.3. The Balaban J connectivity index is 2.24. The summed E-state index contributed by atoms with van der Waals surface area (Å²) in [5, 5.41) is 0. The Morgan fingerprint density at radius 2 is 1.90 bits per heavy atom. The lowest BCUT2D eigenvalue weighted by Gasteiger charge is -2.46. The highest BCUT2D eigenvalue weighted by molar-refractivity contribution is 5.23. The van der Waals surface area contributed by atoms with Crippen molar-refractivity contribution in [2.24, 2.45) is 11.1 Å². The van der Waals surface area contributed by atoms with Gasteiger partial charge in [-0.25, -0.2) is 0 Å². The fourth-order valence-electron chi connectivity index (χ4n) is 3.23. The number of ether oxygens (including phenoxy) is 1. The largest absolute Gasteiger partial charge is 0.373 e. The summed E-state index contributed by atoms with van der Waals surface area (Å²) in [5.74, 6) is 0. The van der Waals surface area contributed by atoms with E-state index >= 15 is 0 Å². The summed E-state index contributed by atoms with van der Waals surface area (Å²) in [5.41, 5.74) is 9.02. The van der Waals surface area contributed by atoms with E-state index < -0.39 is 0 Å². The second-order valence-electron chi connectivity index (χ2n) is 6.94. The molecule has 0 bridgehead atoms. The first-order valence-electron chi connectivity index (χ1n) is 7.70. The van der Waals surface area contributed by atoms with Gasteiger partial charge >= 0.3 is 0 Å². The van der Waals surface area contributed by atoms with Crippen LogP contribution in [-0.2, 0) is 4.74 Å². The number of rotatable bonds is 4. The summed E-state index contributed by atoms with van der Waals surface area (Å²) >= 11 is 0. The average molecular weight is 276 g/mol. The van der Waals surface area contributed by atoms with E-state index in [4.69, 9.17) is 10.5 Å². The minimum Gasteiger partial charge on any atom is -0.373 e. The Bertz CT molecular complexity index is 446. The molecule has 2 N–H and O–H groups in total. The van der Waals surface area contributed by atoms with Crippen LogP contribution >= 0.6 is 0 Å². The van der Waals surface area contributed by atoms with Crippen molar-refractivity contribution >= 4 is 0 Å². The number of aryl methyl sites for hydroxylation is 1. The van der Waals surface area contributed by atoms with Gasteiger partial charge < -0.3 is 10.5 Å². The topological polar surface area (TPSA) is 48.1 Å². The highest BCUT2D eigenvalue weighted by Gasteiger charge is 2.43. The molecule has 2 rings (SSSR count). The van der Waals surface area contributed by atoms with E-state index in [1.165, 1.54) is 12.8 Å². The zero-order chi connectivity index (χ0) is 14.8. The van der Waals surface area contributed by atoms with Crippen molar-refractivity contribution in [3.05, 3.63) is 29.6 Å². The van der Waals surface area contributed by atoms with Gasteiger partial charge in [0, 0.05) is 19.0 Å². The van der Waals surface area contributed by atoms with Crippen LogP contribution < -0.4 is 5.73 Å². The molecule has 1 aliphatic carbocycles. The monoisotopic (exact) mass is 276 g/mol. The molecule has 20 heavy (non-hydrogen) atoms. The Morgan fingerprint density at radius 1 is 1.25 bits per heavy atom. The maximum Gasteiger partial charge on any atom is 0.0875 e. The molecule has 112 valence electrons. The number of aromatic nitrogens is 1. The molecular formula is C17H28N2O. The van der Waals surface area contributed by atoms with Crippen LogP contribution in [0.1, 0.15) is 63.6 Å². The first-order chi connectivity index (χ1) is 9.38. The molecule has 1 saturated carbocycles. The first kappa shape index (κ1) is 15.5. The van der Waals surface area contributed by atoms with Gasteiger partial charge in [-0.3, -0.25) is 4.98 Å². The lowest BCUT2D eigenvalue weighted by atomic mass is 9.67. The number of nitrogens with zero attached hydrogens (tertiary/aromatic N) is 1. The minimum atomic E-state index is -0.222. The third-order valence-corrected chi connectivity index (χ3v) is 4.70. The summed E-state index contributed by atoms with van der Waals surface area (Å²) < 4.78 is 6.17. The molecule has 1 fully saturated rings. The van der Waals surface area contributed by atoms with Gasteiger partial charge in [0.15, 0.2) is 0 Å². The molecule has 1 aliphatic rings. The van der Waals surface area contributed by atoms with Crippen LogP contribution in [-0.4, -0.2) is 17.2 Å². The molecule has 3 heteroatoms. The predicted octanol–water partition coefficient (Wildman–Crippen LogP) is 3.77. The van der Waals surface area contributed by atoms with Gasteiger partial charge in [0.25, 0.3) is 0 Å². The van der Waals surface area contributed by atoms with Crippen molar-refractivity contribution in [2.75, 3.05) is 6.61 Å². The first-order valence-corrected chi connectivity index (χ1v) is 7.70. The zero-order valence-electron chi connectivity index (χ0n) is 13.3. The normalized spacial score (nSPS) is 22.4. The van der Waals surface area contributed by atoms with Gasteiger partial charge in [-0.05, 0) is 56.1 Å². The maximum atomic E-state index is 6.58. The summed E-state index contributed by atoms with van der Waals surface area (Å²) in [4.78, 5) is 4.28. The highest BCUT2D eigenvalue weighted by atomic mass is 16.5. The van der Waals surface area contributed by atoms with Crippen LogP contribution in [0.25, 0.3) is 0 Å². The Kier molecular flexibility index (Phi) is 4.50. The van der Waals surface area contributed by atoms with Crippen molar-refractivity contribution in [1.82, 2.24) is 4.98 Å². The van der Waals surface area contributed by atoms with Gasteiger partial charge in [0.1, 0.15) is 0 Å². The van der Waals surface area contributed by atoms with E-state index in [9.17, 15) is 0 Å². The lowest BCUT2D eigenvalue weighted by molar-refractivity contribution is -0.100. The molecule has 3 nitrogen and oxygen atoms in total. The number of nitrogens with two attached hydrogens (primary N) is 1. The summed E-state index contributed by atoms with van der Waals surface area (Å²) in [6, 6.07) is 2.05. The van der Waals surface area contributed by atoms with E-state index in [1.807, 2.05) is 12.4 Å². The van der Waals surface area contributed by atoms with E-state index in [2.05, 4.69) is 38.7 Å². The standard InChI is InChI=1S/C17H28N2O/c1-5-20-17(8-6-16(3,4)7-9-17)15(18)14-10-13(2)11-19-12-14/h10-12,15H,5-9,18H2,1-4H3. The molecule has 1 atom stereocenters. The molecule has 0 spiro atoms.